The van der Waals surface area contributed by atoms with Gasteiger partial charge in [0.05, 0.1) is 12.2 Å². The van der Waals surface area contributed by atoms with Gasteiger partial charge in [-0.15, -0.1) is 0 Å². The largest absolute Gasteiger partial charge is 0.481 e. The van der Waals surface area contributed by atoms with E-state index in [2.05, 4.69) is 54.5 Å². The van der Waals surface area contributed by atoms with Crippen molar-refractivity contribution >= 4 is 5.97 Å². The van der Waals surface area contributed by atoms with E-state index in [0.29, 0.717) is 24.7 Å². The molecule has 0 bridgehead atoms. The Labute approximate surface area is 206 Å². The molecule has 34 heavy (non-hydrogen) atoms. The summed E-state index contributed by atoms with van der Waals surface area (Å²) in [6.07, 6.45) is 9.35. The molecule has 0 aliphatic heterocycles. The summed E-state index contributed by atoms with van der Waals surface area (Å²) in [5.74, 6) is 0.0888. The summed E-state index contributed by atoms with van der Waals surface area (Å²) < 4.78 is 0. The molecule has 4 saturated carbocycles. The van der Waals surface area contributed by atoms with E-state index in [1.807, 2.05) is 0 Å². The van der Waals surface area contributed by atoms with Crippen LogP contribution in [0, 0.1) is 50.2 Å². The molecule has 4 heteroatoms. The zero-order valence-electron chi connectivity index (χ0n) is 22.6. The van der Waals surface area contributed by atoms with Crippen molar-refractivity contribution in [3.8, 4) is 0 Å². The molecule has 0 aromatic heterocycles. The zero-order chi connectivity index (χ0) is 25.1. The van der Waals surface area contributed by atoms with E-state index in [-0.39, 0.29) is 39.1 Å². The number of hydrogen-bond acceptors (Lipinski definition) is 3. The van der Waals surface area contributed by atoms with Crippen LogP contribution in [0.15, 0.2) is 11.6 Å². The molecule has 0 radical (unpaired) electrons. The first kappa shape index (κ1) is 24.8. The molecule has 0 heterocycles. The second-order valence-corrected chi connectivity index (χ2v) is 15.2. The highest BCUT2D eigenvalue weighted by molar-refractivity contribution is 5.77. The fourth-order valence-electron chi connectivity index (χ4n) is 10.7. The van der Waals surface area contributed by atoms with Crippen LogP contribution in [-0.2, 0) is 4.79 Å². The average Bonchev–Trinajstić information content (AvgIpc) is 2.71. The van der Waals surface area contributed by atoms with Gasteiger partial charge in [0.15, 0.2) is 0 Å². The molecule has 0 unspecified atom stereocenters. The van der Waals surface area contributed by atoms with Gasteiger partial charge in [0.1, 0.15) is 5.41 Å². The number of rotatable bonds is 1. The third kappa shape index (κ3) is 2.82. The molecular weight excluding hydrogens is 424 g/mol. The summed E-state index contributed by atoms with van der Waals surface area (Å²) in [7, 11) is 0. The second kappa shape index (κ2) is 7.12. The third-order valence-corrected chi connectivity index (χ3v) is 13.1. The van der Waals surface area contributed by atoms with Crippen molar-refractivity contribution in [2.75, 3.05) is 0 Å². The van der Waals surface area contributed by atoms with Gasteiger partial charge in [0.2, 0.25) is 0 Å². The Morgan fingerprint density at radius 3 is 2.18 bits per heavy atom. The molecule has 5 aliphatic carbocycles. The highest BCUT2D eigenvalue weighted by atomic mass is 16.4. The quantitative estimate of drug-likeness (QED) is 0.397. The summed E-state index contributed by atoms with van der Waals surface area (Å²) in [6.45, 7) is 16.4. The Bertz CT molecular complexity index is 919. The van der Waals surface area contributed by atoms with Crippen molar-refractivity contribution in [2.45, 2.75) is 118 Å². The van der Waals surface area contributed by atoms with E-state index in [0.717, 1.165) is 44.9 Å². The maximum Gasteiger partial charge on any atom is 0.312 e. The van der Waals surface area contributed by atoms with Gasteiger partial charge in [-0.25, -0.2) is 0 Å². The van der Waals surface area contributed by atoms with Gasteiger partial charge in [0, 0.05) is 0 Å². The van der Waals surface area contributed by atoms with E-state index in [4.69, 9.17) is 0 Å². The number of allylic oxidation sites excluding steroid dienone is 2. The Balaban J connectivity index is 1.63. The van der Waals surface area contributed by atoms with Gasteiger partial charge in [0.25, 0.3) is 0 Å². The molecule has 9 atom stereocenters. The number of carboxylic acid groups (broad SMARTS) is 1. The predicted molar refractivity (Wildman–Crippen MR) is 134 cm³/mol. The fourth-order valence-corrected chi connectivity index (χ4v) is 10.7. The highest BCUT2D eigenvalue weighted by Crippen LogP contribution is 2.75. The smallest absolute Gasteiger partial charge is 0.312 e. The molecule has 4 fully saturated rings. The van der Waals surface area contributed by atoms with Gasteiger partial charge in [-0.2, -0.15) is 0 Å². The lowest BCUT2D eigenvalue weighted by molar-refractivity contribution is -0.218. The van der Waals surface area contributed by atoms with Gasteiger partial charge in [-0.05, 0) is 103 Å². The first-order valence-corrected chi connectivity index (χ1v) is 13.9. The zero-order valence-corrected chi connectivity index (χ0v) is 22.6. The van der Waals surface area contributed by atoms with Crippen LogP contribution in [-0.4, -0.2) is 33.5 Å². The lowest BCUT2D eigenvalue weighted by atomic mass is 9.33. The van der Waals surface area contributed by atoms with Crippen LogP contribution < -0.4 is 0 Å². The normalized spacial score (nSPS) is 53.4. The molecule has 4 nitrogen and oxygen atoms in total. The number of aliphatic carboxylic acids is 1. The molecule has 0 saturated heterocycles. The van der Waals surface area contributed by atoms with Crippen molar-refractivity contribution in [1.82, 2.24) is 0 Å². The summed E-state index contributed by atoms with van der Waals surface area (Å²) in [6, 6.07) is 0. The van der Waals surface area contributed by atoms with Gasteiger partial charge >= 0.3 is 5.97 Å². The number of aliphatic hydroxyl groups is 2. The van der Waals surface area contributed by atoms with Crippen LogP contribution in [0.25, 0.3) is 0 Å². The molecule has 0 aromatic rings. The Morgan fingerprint density at radius 2 is 1.53 bits per heavy atom. The summed E-state index contributed by atoms with van der Waals surface area (Å²) >= 11 is 0. The van der Waals surface area contributed by atoms with Gasteiger partial charge < -0.3 is 15.3 Å². The van der Waals surface area contributed by atoms with Crippen LogP contribution in [0.4, 0.5) is 0 Å². The number of hydrogen-bond donors (Lipinski definition) is 3. The van der Waals surface area contributed by atoms with Crippen molar-refractivity contribution in [3.05, 3.63) is 11.6 Å². The lowest BCUT2D eigenvalue weighted by Gasteiger charge is -2.71. The molecule has 5 rings (SSSR count). The van der Waals surface area contributed by atoms with Crippen molar-refractivity contribution in [1.29, 1.82) is 0 Å². The van der Waals surface area contributed by atoms with Crippen molar-refractivity contribution in [2.24, 2.45) is 50.2 Å². The van der Waals surface area contributed by atoms with Gasteiger partial charge in [-0.3, -0.25) is 4.79 Å². The van der Waals surface area contributed by atoms with Crippen molar-refractivity contribution < 1.29 is 20.1 Å². The minimum absolute atomic E-state index is 0.0218. The van der Waals surface area contributed by atoms with Crippen LogP contribution in [0.3, 0.4) is 0 Å². The minimum atomic E-state index is -1.04. The maximum absolute atomic E-state index is 12.8. The van der Waals surface area contributed by atoms with Gasteiger partial charge in [-0.1, -0.05) is 60.1 Å². The Hall–Kier alpha value is -0.870. The van der Waals surface area contributed by atoms with Crippen LogP contribution in [0.2, 0.25) is 0 Å². The Kier molecular flexibility index (Phi) is 5.20. The molecule has 3 N–H and O–H groups in total. The molecule has 192 valence electrons. The number of carboxylic acids is 1. The first-order chi connectivity index (χ1) is 15.6. The number of carbonyl (C=O) groups is 1. The molecule has 5 aliphatic rings. The monoisotopic (exact) mass is 472 g/mol. The van der Waals surface area contributed by atoms with E-state index < -0.39 is 17.5 Å². The first-order valence-electron chi connectivity index (χ1n) is 13.9. The lowest BCUT2D eigenvalue weighted by Crippen LogP contribution is -2.67. The molecule has 0 spiro atoms. The summed E-state index contributed by atoms with van der Waals surface area (Å²) in [4.78, 5) is 12.8. The SMILES string of the molecule is CC1(C)CC[C@]2(C(=O)O)[C@H](C1)C1=CC[C@H]3[C@]4(C)CC[C@@H](O)C(C)(C)[C@H]4CC[C@]3(C)[C@@]1(C)C[C@@H]2O. The van der Waals surface area contributed by atoms with E-state index >= 15 is 0 Å². The topological polar surface area (TPSA) is 77.8 Å². The minimum Gasteiger partial charge on any atom is -0.481 e. The van der Waals surface area contributed by atoms with E-state index in [1.54, 1.807) is 0 Å². The van der Waals surface area contributed by atoms with Crippen LogP contribution >= 0.6 is 0 Å². The number of aliphatic hydroxyl groups excluding tert-OH is 2. The second-order valence-electron chi connectivity index (χ2n) is 15.2. The molecule has 0 amide bonds. The Morgan fingerprint density at radius 1 is 0.853 bits per heavy atom. The van der Waals surface area contributed by atoms with Crippen molar-refractivity contribution in [3.63, 3.8) is 0 Å². The van der Waals surface area contributed by atoms with Crippen LogP contribution in [0.5, 0.6) is 0 Å². The molecule has 0 aromatic carbocycles. The summed E-state index contributed by atoms with van der Waals surface area (Å²) in [5, 5.41) is 33.1. The average molecular weight is 473 g/mol. The number of fused-ring (bicyclic) bond motifs is 7. The standard InChI is InChI=1S/C30H48O4/c1-25(2)14-15-30(24(33)34)19(16-25)18-8-9-21-27(5)12-11-22(31)26(3,4)20(27)10-13-28(21,6)29(18,7)17-23(30)32/h8,19-23,31-32H,9-17H2,1-7H3,(H,33,34)/t19-,20-,21+,22-,23+,27-,28+,29+,30+/m1/s1. The van der Waals surface area contributed by atoms with Crippen LogP contribution in [0.1, 0.15) is 106 Å². The maximum atomic E-state index is 12.8. The third-order valence-electron chi connectivity index (χ3n) is 13.1. The highest BCUT2D eigenvalue weighted by Gasteiger charge is 2.71. The predicted octanol–water partition coefficient (Wildman–Crippen LogP) is 6.20. The molecular formula is C30H48O4. The van der Waals surface area contributed by atoms with E-state index in [9.17, 15) is 20.1 Å². The fraction of sp³-hybridized carbons (Fsp3) is 0.900. The summed E-state index contributed by atoms with van der Waals surface area (Å²) in [5.41, 5.74) is 0.295. The van der Waals surface area contributed by atoms with E-state index in [1.165, 1.54) is 5.57 Å².